The molecule has 0 nitrogen and oxygen atoms in total. The first-order valence-electron chi connectivity index (χ1n) is 7.33. The van der Waals surface area contributed by atoms with Gasteiger partial charge in [0.05, 0.1) is 5.38 Å². The highest BCUT2D eigenvalue weighted by Gasteiger charge is 2.56. The van der Waals surface area contributed by atoms with Crippen molar-refractivity contribution in [3.8, 4) is 0 Å². The van der Waals surface area contributed by atoms with Crippen LogP contribution in [0.5, 0.6) is 0 Å². The molecule has 4 unspecified atom stereocenters. The van der Waals surface area contributed by atoms with Crippen LogP contribution in [0, 0.1) is 23.5 Å². The third kappa shape index (κ3) is 2.08. The summed E-state index contributed by atoms with van der Waals surface area (Å²) in [5, 5.41) is -0.457. The van der Waals surface area contributed by atoms with E-state index in [1.807, 2.05) is 6.07 Å². The molecule has 0 aromatic heterocycles. The zero-order valence-corrected chi connectivity index (χ0v) is 12.2. The van der Waals surface area contributed by atoms with Gasteiger partial charge in [0.2, 0.25) is 0 Å². The predicted molar refractivity (Wildman–Crippen MR) is 79.4 cm³/mol. The van der Waals surface area contributed by atoms with Gasteiger partial charge in [-0.3, -0.25) is 0 Å². The van der Waals surface area contributed by atoms with Crippen molar-refractivity contribution in [1.29, 1.82) is 0 Å². The molecule has 108 valence electrons. The standard InChI is InChI=1S/C18H15ClF2/c19-18(14-9-11(20)6-8-15(14)21)17-13-7-5-10-3-1-2-4-12(10)16(13)17/h1-4,6,8-9,13,16-18H,5,7H2. The topological polar surface area (TPSA) is 0 Å². The van der Waals surface area contributed by atoms with Crippen molar-refractivity contribution >= 4 is 11.6 Å². The molecule has 2 aromatic carbocycles. The van der Waals surface area contributed by atoms with Gasteiger partial charge in [-0.25, -0.2) is 8.78 Å². The van der Waals surface area contributed by atoms with Crippen LogP contribution in [0.3, 0.4) is 0 Å². The second-order valence-electron chi connectivity index (χ2n) is 6.07. The molecule has 2 aliphatic carbocycles. The van der Waals surface area contributed by atoms with E-state index in [1.165, 1.54) is 23.3 Å². The number of halogens is 3. The molecule has 2 aliphatic rings. The van der Waals surface area contributed by atoms with E-state index >= 15 is 0 Å². The average Bonchev–Trinajstić information content (AvgIpc) is 3.24. The summed E-state index contributed by atoms with van der Waals surface area (Å²) in [6.07, 6.45) is 2.15. The summed E-state index contributed by atoms with van der Waals surface area (Å²) in [5.74, 6) is 0.284. The summed E-state index contributed by atoms with van der Waals surface area (Å²) in [4.78, 5) is 0. The molecule has 0 radical (unpaired) electrons. The molecule has 21 heavy (non-hydrogen) atoms. The van der Waals surface area contributed by atoms with Gasteiger partial charge in [0.1, 0.15) is 11.6 Å². The first kappa shape index (κ1) is 13.3. The van der Waals surface area contributed by atoms with Crippen LogP contribution in [-0.2, 0) is 6.42 Å². The Bertz CT molecular complexity index is 697. The van der Waals surface area contributed by atoms with Crippen molar-refractivity contribution in [3.63, 3.8) is 0 Å². The summed E-state index contributed by atoms with van der Waals surface area (Å²) < 4.78 is 27.3. The molecule has 0 spiro atoms. The van der Waals surface area contributed by atoms with Crippen molar-refractivity contribution in [2.24, 2.45) is 11.8 Å². The Labute approximate surface area is 127 Å². The molecule has 0 N–H and O–H groups in total. The third-order valence-electron chi connectivity index (χ3n) is 4.98. The number of rotatable bonds is 2. The summed E-state index contributed by atoms with van der Waals surface area (Å²) in [6.45, 7) is 0. The summed E-state index contributed by atoms with van der Waals surface area (Å²) in [6, 6.07) is 12.0. The fourth-order valence-electron chi connectivity index (χ4n) is 3.95. The van der Waals surface area contributed by atoms with E-state index in [4.69, 9.17) is 11.6 Å². The van der Waals surface area contributed by atoms with E-state index in [0.29, 0.717) is 17.4 Å². The molecule has 2 aromatic rings. The molecular formula is C18H15ClF2. The number of alkyl halides is 1. The monoisotopic (exact) mass is 304 g/mol. The lowest BCUT2D eigenvalue weighted by atomic mass is 9.92. The minimum Gasteiger partial charge on any atom is -0.207 e. The fourth-order valence-corrected chi connectivity index (χ4v) is 4.46. The lowest BCUT2D eigenvalue weighted by Crippen LogP contribution is -2.00. The minimum atomic E-state index is -0.457. The number of benzene rings is 2. The quantitative estimate of drug-likeness (QED) is 0.667. The van der Waals surface area contributed by atoms with Crippen LogP contribution in [0.15, 0.2) is 42.5 Å². The highest BCUT2D eigenvalue weighted by atomic mass is 35.5. The van der Waals surface area contributed by atoms with Crippen molar-refractivity contribution in [2.45, 2.75) is 24.1 Å². The van der Waals surface area contributed by atoms with Crippen molar-refractivity contribution in [2.75, 3.05) is 0 Å². The van der Waals surface area contributed by atoms with E-state index in [1.54, 1.807) is 0 Å². The van der Waals surface area contributed by atoms with Gasteiger partial charge < -0.3 is 0 Å². The van der Waals surface area contributed by atoms with Crippen molar-refractivity contribution in [3.05, 3.63) is 70.8 Å². The zero-order chi connectivity index (χ0) is 14.6. The van der Waals surface area contributed by atoms with E-state index in [0.717, 1.165) is 18.9 Å². The maximum Gasteiger partial charge on any atom is 0.128 e. The molecule has 0 amide bonds. The average molecular weight is 305 g/mol. The van der Waals surface area contributed by atoms with Gasteiger partial charge in [0.15, 0.2) is 0 Å². The fraction of sp³-hybridized carbons (Fsp3) is 0.333. The number of hydrogen-bond acceptors (Lipinski definition) is 0. The van der Waals surface area contributed by atoms with Gasteiger partial charge in [-0.2, -0.15) is 0 Å². The molecule has 1 fully saturated rings. The van der Waals surface area contributed by atoms with Crippen LogP contribution >= 0.6 is 11.6 Å². The highest BCUT2D eigenvalue weighted by molar-refractivity contribution is 6.21. The molecule has 1 saturated carbocycles. The van der Waals surface area contributed by atoms with Gasteiger partial charge in [0.25, 0.3) is 0 Å². The minimum absolute atomic E-state index is 0.214. The Morgan fingerprint density at radius 2 is 1.90 bits per heavy atom. The predicted octanol–water partition coefficient (Wildman–Crippen LogP) is 5.22. The van der Waals surface area contributed by atoms with Crippen LogP contribution in [0.25, 0.3) is 0 Å². The Balaban J connectivity index is 1.66. The van der Waals surface area contributed by atoms with E-state index in [9.17, 15) is 8.78 Å². The molecule has 0 heterocycles. The molecular weight excluding hydrogens is 290 g/mol. The van der Waals surface area contributed by atoms with Crippen molar-refractivity contribution < 1.29 is 8.78 Å². The Hall–Kier alpha value is -1.41. The molecule has 4 rings (SSSR count). The van der Waals surface area contributed by atoms with Crippen molar-refractivity contribution in [1.82, 2.24) is 0 Å². The summed E-state index contributed by atoms with van der Waals surface area (Å²) in [7, 11) is 0. The first-order valence-corrected chi connectivity index (χ1v) is 7.77. The maximum atomic E-state index is 13.9. The van der Waals surface area contributed by atoms with E-state index < -0.39 is 17.0 Å². The Morgan fingerprint density at radius 3 is 2.76 bits per heavy atom. The lowest BCUT2D eigenvalue weighted by molar-refractivity contribution is 0.562. The van der Waals surface area contributed by atoms with Gasteiger partial charge >= 0.3 is 0 Å². The van der Waals surface area contributed by atoms with E-state index in [-0.39, 0.29) is 5.92 Å². The van der Waals surface area contributed by atoms with Gasteiger partial charge in [-0.05, 0) is 59.9 Å². The van der Waals surface area contributed by atoms with Gasteiger partial charge in [-0.1, -0.05) is 24.3 Å². The third-order valence-corrected chi connectivity index (χ3v) is 5.51. The second kappa shape index (κ2) is 4.81. The first-order chi connectivity index (χ1) is 10.2. The number of hydrogen-bond donors (Lipinski definition) is 0. The largest absolute Gasteiger partial charge is 0.207 e. The maximum absolute atomic E-state index is 13.9. The SMILES string of the molecule is Fc1ccc(F)c(C(Cl)C2C3CCc4ccccc4C32)c1. The highest BCUT2D eigenvalue weighted by Crippen LogP contribution is 2.65. The Morgan fingerprint density at radius 1 is 1.10 bits per heavy atom. The number of fused-ring (bicyclic) bond motifs is 3. The second-order valence-corrected chi connectivity index (χ2v) is 6.54. The van der Waals surface area contributed by atoms with Gasteiger partial charge in [-0.15, -0.1) is 11.6 Å². The Kier molecular flexibility index (Phi) is 3.04. The molecule has 0 saturated heterocycles. The van der Waals surface area contributed by atoms with Gasteiger partial charge in [0, 0.05) is 5.56 Å². The van der Waals surface area contributed by atoms with Crippen LogP contribution in [0.2, 0.25) is 0 Å². The number of aryl methyl sites for hydroxylation is 1. The lowest BCUT2D eigenvalue weighted by Gasteiger charge is -2.13. The summed E-state index contributed by atoms with van der Waals surface area (Å²) in [5.41, 5.74) is 3.03. The zero-order valence-electron chi connectivity index (χ0n) is 11.4. The normalized spacial score (nSPS) is 27.7. The van der Waals surface area contributed by atoms with Crippen LogP contribution < -0.4 is 0 Å². The smallest absolute Gasteiger partial charge is 0.128 e. The van der Waals surface area contributed by atoms with Crippen LogP contribution in [0.1, 0.15) is 34.4 Å². The molecule has 0 aliphatic heterocycles. The molecule has 3 heteroatoms. The summed E-state index contributed by atoms with van der Waals surface area (Å²) >= 11 is 6.52. The van der Waals surface area contributed by atoms with Crippen LogP contribution in [-0.4, -0.2) is 0 Å². The molecule has 4 atom stereocenters. The van der Waals surface area contributed by atoms with Crippen LogP contribution in [0.4, 0.5) is 8.78 Å². The molecule has 0 bridgehead atoms. The van der Waals surface area contributed by atoms with E-state index in [2.05, 4.69) is 18.2 Å².